The summed E-state index contributed by atoms with van der Waals surface area (Å²) in [6.45, 7) is 0.383. The number of hydrogen-bond donors (Lipinski definition) is 1. The topological polar surface area (TPSA) is 92.8 Å². The number of esters is 1. The van der Waals surface area contributed by atoms with Gasteiger partial charge in [-0.25, -0.2) is 9.18 Å². The summed E-state index contributed by atoms with van der Waals surface area (Å²) in [4.78, 5) is 49.8. The lowest BCUT2D eigenvalue weighted by molar-refractivity contribution is -0.146. The molecular formula is C22H21FN2O5. The first-order chi connectivity index (χ1) is 14.3. The maximum absolute atomic E-state index is 13.2. The van der Waals surface area contributed by atoms with E-state index in [4.69, 9.17) is 4.74 Å². The number of amides is 3. The van der Waals surface area contributed by atoms with Gasteiger partial charge in [-0.3, -0.25) is 19.3 Å². The Morgan fingerprint density at radius 1 is 1.10 bits per heavy atom. The molecule has 0 radical (unpaired) electrons. The van der Waals surface area contributed by atoms with Crippen molar-refractivity contribution in [1.29, 1.82) is 0 Å². The lowest BCUT2D eigenvalue weighted by atomic mass is 9.93. The van der Waals surface area contributed by atoms with E-state index in [1.807, 2.05) is 30.3 Å². The molecule has 0 saturated carbocycles. The molecule has 1 heterocycles. The van der Waals surface area contributed by atoms with Gasteiger partial charge in [0.15, 0.2) is 12.4 Å². The number of ketones is 1. The Bertz CT molecular complexity index is 979. The molecule has 1 fully saturated rings. The van der Waals surface area contributed by atoms with Crippen LogP contribution in [0.25, 0.3) is 0 Å². The van der Waals surface area contributed by atoms with Crippen molar-refractivity contribution in [2.45, 2.75) is 25.3 Å². The standard InChI is InChI=1S/C22H21FN2O5/c1-22(11-10-15-6-3-2-4-7-15)20(28)25(21(29)24-22)13-19(27)30-14-18(26)16-8-5-9-17(23)12-16/h2-9,12H,10-11,13-14H2,1H3,(H,24,29)/t22-/m1/s1. The normalized spacial score (nSPS) is 18.3. The van der Waals surface area contributed by atoms with Crippen LogP contribution in [0.5, 0.6) is 0 Å². The number of Topliss-reactive ketones (excluding diaryl/α,β-unsaturated/α-hetero) is 1. The fourth-order valence-electron chi connectivity index (χ4n) is 3.17. The van der Waals surface area contributed by atoms with Crippen molar-refractivity contribution >= 4 is 23.7 Å². The molecule has 2 aromatic rings. The maximum atomic E-state index is 13.2. The van der Waals surface area contributed by atoms with Gasteiger partial charge in [-0.15, -0.1) is 0 Å². The van der Waals surface area contributed by atoms with Crippen molar-refractivity contribution in [2.24, 2.45) is 0 Å². The third kappa shape index (κ3) is 4.89. The molecule has 7 nitrogen and oxygen atoms in total. The second-order valence-electron chi connectivity index (χ2n) is 7.23. The molecule has 1 saturated heterocycles. The van der Waals surface area contributed by atoms with Crippen LogP contribution in [-0.4, -0.2) is 47.3 Å². The third-order valence-corrected chi connectivity index (χ3v) is 4.90. The Labute approximate surface area is 172 Å². The highest BCUT2D eigenvalue weighted by Crippen LogP contribution is 2.23. The molecule has 0 aromatic heterocycles. The number of nitrogens with zero attached hydrogens (tertiary/aromatic N) is 1. The van der Waals surface area contributed by atoms with E-state index in [-0.39, 0.29) is 5.56 Å². The summed E-state index contributed by atoms with van der Waals surface area (Å²) in [5.41, 5.74) is -0.0503. The smallest absolute Gasteiger partial charge is 0.326 e. The molecule has 3 amide bonds. The highest BCUT2D eigenvalue weighted by atomic mass is 19.1. The van der Waals surface area contributed by atoms with Gasteiger partial charge in [0.05, 0.1) is 0 Å². The predicted molar refractivity (Wildman–Crippen MR) is 105 cm³/mol. The number of carbonyl (C=O) groups is 4. The van der Waals surface area contributed by atoms with Crippen molar-refractivity contribution in [1.82, 2.24) is 10.2 Å². The van der Waals surface area contributed by atoms with E-state index in [2.05, 4.69) is 5.32 Å². The zero-order chi connectivity index (χ0) is 21.7. The van der Waals surface area contributed by atoms with E-state index < -0.39 is 48.2 Å². The molecule has 3 rings (SSSR count). The molecule has 1 aliphatic heterocycles. The summed E-state index contributed by atoms with van der Waals surface area (Å²) in [6, 6.07) is 13.8. The molecule has 0 aliphatic carbocycles. The van der Waals surface area contributed by atoms with Crippen LogP contribution in [0.15, 0.2) is 54.6 Å². The second-order valence-corrected chi connectivity index (χ2v) is 7.23. The Balaban J connectivity index is 1.54. The predicted octanol–water partition coefficient (Wildman–Crippen LogP) is 2.49. The van der Waals surface area contributed by atoms with Crippen LogP contribution >= 0.6 is 0 Å². The zero-order valence-electron chi connectivity index (χ0n) is 16.4. The van der Waals surface area contributed by atoms with Crippen LogP contribution < -0.4 is 5.32 Å². The molecule has 0 unspecified atom stereocenters. The van der Waals surface area contributed by atoms with Crippen molar-refractivity contribution in [2.75, 3.05) is 13.2 Å². The second kappa shape index (κ2) is 8.86. The van der Waals surface area contributed by atoms with Crippen LogP contribution in [0.4, 0.5) is 9.18 Å². The first kappa shape index (κ1) is 21.2. The Hall–Kier alpha value is -3.55. The molecule has 2 aromatic carbocycles. The van der Waals surface area contributed by atoms with E-state index in [0.29, 0.717) is 12.8 Å². The Morgan fingerprint density at radius 2 is 1.83 bits per heavy atom. The molecule has 8 heteroatoms. The summed E-state index contributed by atoms with van der Waals surface area (Å²) >= 11 is 0. The Kier molecular flexibility index (Phi) is 6.25. The molecule has 30 heavy (non-hydrogen) atoms. The summed E-state index contributed by atoms with van der Waals surface area (Å²) in [6.07, 6.45) is 0.939. The number of ether oxygens (including phenoxy) is 1. The Morgan fingerprint density at radius 3 is 2.53 bits per heavy atom. The SMILES string of the molecule is C[C@]1(CCc2ccccc2)NC(=O)N(CC(=O)OCC(=O)c2cccc(F)c2)C1=O. The number of aryl methyl sites for hydroxylation is 1. The first-order valence-corrected chi connectivity index (χ1v) is 9.41. The number of hydrogen-bond acceptors (Lipinski definition) is 5. The number of urea groups is 1. The summed E-state index contributed by atoms with van der Waals surface area (Å²) in [7, 11) is 0. The zero-order valence-corrected chi connectivity index (χ0v) is 16.4. The highest BCUT2D eigenvalue weighted by Gasteiger charge is 2.48. The van der Waals surface area contributed by atoms with Crippen LogP contribution in [-0.2, 0) is 20.7 Å². The molecular weight excluding hydrogens is 391 g/mol. The fourth-order valence-corrected chi connectivity index (χ4v) is 3.17. The van der Waals surface area contributed by atoms with E-state index in [1.165, 1.54) is 18.2 Å². The molecule has 1 atom stereocenters. The number of rotatable bonds is 8. The molecule has 156 valence electrons. The van der Waals surface area contributed by atoms with Gasteiger partial charge in [-0.05, 0) is 37.5 Å². The van der Waals surface area contributed by atoms with Crippen molar-refractivity contribution < 1.29 is 28.3 Å². The number of carbonyl (C=O) groups excluding carboxylic acids is 4. The lowest BCUT2D eigenvalue weighted by Crippen LogP contribution is -2.44. The number of benzene rings is 2. The van der Waals surface area contributed by atoms with Gasteiger partial charge in [0.2, 0.25) is 0 Å². The van der Waals surface area contributed by atoms with Gasteiger partial charge < -0.3 is 10.1 Å². The number of halogens is 1. The first-order valence-electron chi connectivity index (χ1n) is 9.41. The number of imide groups is 1. The lowest BCUT2D eigenvalue weighted by Gasteiger charge is -2.21. The molecule has 0 bridgehead atoms. The largest absolute Gasteiger partial charge is 0.456 e. The van der Waals surface area contributed by atoms with Crippen LogP contribution in [0, 0.1) is 5.82 Å². The minimum atomic E-state index is -1.13. The van der Waals surface area contributed by atoms with Gasteiger partial charge in [-0.2, -0.15) is 0 Å². The van der Waals surface area contributed by atoms with Crippen LogP contribution in [0.2, 0.25) is 0 Å². The van der Waals surface area contributed by atoms with E-state index >= 15 is 0 Å². The minimum absolute atomic E-state index is 0.0614. The molecule has 1 N–H and O–H groups in total. The summed E-state index contributed by atoms with van der Waals surface area (Å²) in [5, 5.41) is 2.62. The molecule has 0 spiro atoms. The van der Waals surface area contributed by atoms with Crippen LogP contribution in [0.3, 0.4) is 0 Å². The summed E-state index contributed by atoms with van der Waals surface area (Å²) in [5.74, 6) is -2.61. The van der Waals surface area contributed by atoms with Crippen LogP contribution in [0.1, 0.15) is 29.3 Å². The fraction of sp³-hybridized carbons (Fsp3) is 0.273. The average Bonchev–Trinajstić information content (AvgIpc) is 2.94. The van der Waals surface area contributed by atoms with Gasteiger partial charge in [0.1, 0.15) is 17.9 Å². The molecule has 1 aliphatic rings. The van der Waals surface area contributed by atoms with Gasteiger partial charge in [0.25, 0.3) is 5.91 Å². The van der Waals surface area contributed by atoms with Gasteiger partial charge in [-0.1, -0.05) is 42.5 Å². The van der Waals surface area contributed by atoms with Gasteiger partial charge >= 0.3 is 12.0 Å². The van der Waals surface area contributed by atoms with Crippen molar-refractivity contribution in [3.63, 3.8) is 0 Å². The van der Waals surface area contributed by atoms with Crippen molar-refractivity contribution in [3.8, 4) is 0 Å². The van der Waals surface area contributed by atoms with E-state index in [9.17, 15) is 23.6 Å². The minimum Gasteiger partial charge on any atom is -0.456 e. The van der Waals surface area contributed by atoms with E-state index in [1.54, 1.807) is 6.92 Å². The maximum Gasteiger partial charge on any atom is 0.326 e. The van der Waals surface area contributed by atoms with Gasteiger partial charge in [0, 0.05) is 5.56 Å². The quantitative estimate of drug-likeness (QED) is 0.409. The highest BCUT2D eigenvalue weighted by molar-refractivity contribution is 6.08. The third-order valence-electron chi connectivity index (χ3n) is 4.90. The summed E-state index contributed by atoms with van der Waals surface area (Å²) < 4.78 is 18.0. The average molecular weight is 412 g/mol. The monoisotopic (exact) mass is 412 g/mol. The van der Waals surface area contributed by atoms with Crippen molar-refractivity contribution in [3.05, 3.63) is 71.5 Å². The van der Waals surface area contributed by atoms with E-state index in [0.717, 1.165) is 16.5 Å². The number of nitrogens with one attached hydrogen (secondary N) is 1.